The van der Waals surface area contributed by atoms with Gasteiger partial charge in [0, 0.05) is 33.4 Å². The summed E-state index contributed by atoms with van der Waals surface area (Å²) in [5.41, 5.74) is 5.45. The zero-order valence-electron chi connectivity index (χ0n) is 25.8. The van der Waals surface area contributed by atoms with Crippen LogP contribution in [0.2, 0.25) is 0 Å². The van der Waals surface area contributed by atoms with E-state index in [1.165, 1.54) is 0 Å². The van der Waals surface area contributed by atoms with Crippen LogP contribution in [0.4, 0.5) is 5.69 Å². The molecular weight excluding hydrogens is 584 g/mol. The second-order valence-corrected chi connectivity index (χ2v) is 10.8. The van der Waals surface area contributed by atoms with Crippen molar-refractivity contribution in [3.8, 4) is 68.3 Å². The second-order valence-electron chi connectivity index (χ2n) is 10.8. The summed E-state index contributed by atoms with van der Waals surface area (Å²) in [6.07, 6.45) is 0. The van der Waals surface area contributed by atoms with Crippen molar-refractivity contribution < 1.29 is 0 Å². The third-order valence-corrected chi connectivity index (χ3v) is 7.29. The summed E-state index contributed by atoms with van der Waals surface area (Å²) in [7, 11) is 0. The standard InChI is InChI=1S/C37H26N10/c1-22-39-23(2)41-34(40-22)27-12-8-13-28(20-27)35-42-24(3)43-36(47-35)29-14-9-15-30(21-29)37-45-32(25-10-6-5-7-11-25)44-33(46-37)26-16-18-31(38-4)19-17-26/h5-21H,1-3H3. The minimum absolute atomic E-state index is 0.506. The maximum atomic E-state index is 7.30. The molecular formula is C37H26N10. The van der Waals surface area contributed by atoms with E-state index in [2.05, 4.69) is 29.8 Å². The molecule has 224 valence electrons. The number of rotatable bonds is 6. The van der Waals surface area contributed by atoms with Gasteiger partial charge in [0.15, 0.2) is 40.6 Å². The second kappa shape index (κ2) is 12.4. The zero-order valence-corrected chi connectivity index (χ0v) is 25.8. The van der Waals surface area contributed by atoms with Gasteiger partial charge in [0.25, 0.3) is 0 Å². The normalized spacial score (nSPS) is 10.9. The Balaban J connectivity index is 1.29. The monoisotopic (exact) mass is 610 g/mol. The van der Waals surface area contributed by atoms with Gasteiger partial charge in [-0.05, 0) is 32.9 Å². The van der Waals surface area contributed by atoms with E-state index in [4.69, 9.17) is 26.5 Å². The fourth-order valence-corrected chi connectivity index (χ4v) is 5.12. The smallest absolute Gasteiger partial charge is 0.187 e. The molecule has 0 atom stereocenters. The molecule has 0 aliphatic rings. The third kappa shape index (κ3) is 6.32. The number of nitrogens with zero attached hydrogens (tertiary/aromatic N) is 10. The quantitative estimate of drug-likeness (QED) is 0.174. The van der Waals surface area contributed by atoms with Crippen LogP contribution in [-0.4, -0.2) is 44.9 Å². The van der Waals surface area contributed by atoms with Crippen molar-refractivity contribution in [2.45, 2.75) is 20.8 Å². The zero-order chi connectivity index (χ0) is 32.3. The lowest BCUT2D eigenvalue weighted by atomic mass is 10.1. The van der Waals surface area contributed by atoms with E-state index in [0.717, 1.165) is 33.4 Å². The van der Waals surface area contributed by atoms with Crippen LogP contribution in [0.1, 0.15) is 17.5 Å². The Morgan fingerprint density at radius 2 is 0.702 bits per heavy atom. The number of aryl methyl sites for hydroxylation is 3. The van der Waals surface area contributed by atoms with Gasteiger partial charge in [0.1, 0.15) is 17.5 Å². The molecule has 0 saturated carbocycles. The van der Waals surface area contributed by atoms with Crippen LogP contribution in [0.15, 0.2) is 103 Å². The minimum atomic E-state index is 0.506. The van der Waals surface area contributed by atoms with E-state index in [1.807, 2.05) is 112 Å². The van der Waals surface area contributed by atoms with Gasteiger partial charge in [0.05, 0.1) is 6.57 Å². The number of benzene rings is 4. The van der Waals surface area contributed by atoms with Gasteiger partial charge in [0.2, 0.25) is 0 Å². The molecule has 7 rings (SSSR count). The first-order chi connectivity index (χ1) is 22.9. The van der Waals surface area contributed by atoms with E-state index in [9.17, 15) is 0 Å². The third-order valence-electron chi connectivity index (χ3n) is 7.29. The van der Waals surface area contributed by atoms with Gasteiger partial charge in [-0.15, -0.1) is 0 Å². The average molecular weight is 611 g/mol. The first-order valence-electron chi connectivity index (χ1n) is 14.8. The van der Waals surface area contributed by atoms with Gasteiger partial charge < -0.3 is 0 Å². The topological polar surface area (TPSA) is 120 Å². The summed E-state index contributed by atoms with van der Waals surface area (Å²) in [4.78, 5) is 45.5. The van der Waals surface area contributed by atoms with Crippen molar-refractivity contribution in [2.75, 3.05) is 0 Å². The minimum Gasteiger partial charge on any atom is -0.238 e. The predicted octanol–water partition coefficient (Wildman–Crippen LogP) is 7.72. The fraction of sp³-hybridized carbons (Fsp3) is 0.0811. The van der Waals surface area contributed by atoms with Crippen LogP contribution in [0, 0.1) is 27.3 Å². The highest BCUT2D eigenvalue weighted by atomic mass is 15.0. The van der Waals surface area contributed by atoms with Gasteiger partial charge in [-0.1, -0.05) is 91.0 Å². The average Bonchev–Trinajstić information content (AvgIpc) is 3.11. The van der Waals surface area contributed by atoms with Gasteiger partial charge >= 0.3 is 0 Å². The Hall–Kier alpha value is -6.60. The maximum Gasteiger partial charge on any atom is 0.187 e. The summed E-state index contributed by atoms with van der Waals surface area (Å²) >= 11 is 0. The Kier molecular flexibility index (Phi) is 7.70. The van der Waals surface area contributed by atoms with Crippen molar-refractivity contribution in [1.82, 2.24) is 44.9 Å². The number of hydrogen-bond acceptors (Lipinski definition) is 9. The molecule has 0 fully saturated rings. The number of aromatic nitrogens is 9. The van der Waals surface area contributed by atoms with Crippen LogP contribution in [0.3, 0.4) is 0 Å². The molecule has 4 aromatic carbocycles. The lowest BCUT2D eigenvalue weighted by molar-refractivity contribution is 0.928. The Morgan fingerprint density at radius 1 is 0.362 bits per heavy atom. The molecule has 0 saturated heterocycles. The molecule has 10 heteroatoms. The Bertz CT molecular complexity index is 2280. The SMILES string of the molecule is [C-]#[N+]c1ccc(-c2nc(-c3ccccc3)nc(-c3cccc(-c4nc(C)nc(-c5cccc(-c6nc(C)nc(C)n6)c5)n4)c3)n2)cc1. The molecule has 0 unspecified atom stereocenters. The van der Waals surface area contributed by atoms with Crippen LogP contribution >= 0.6 is 0 Å². The molecule has 0 aliphatic carbocycles. The summed E-state index contributed by atoms with van der Waals surface area (Å²) in [5.74, 6) is 5.15. The highest BCUT2D eigenvalue weighted by Crippen LogP contribution is 2.29. The Labute approximate surface area is 271 Å². The first-order valence-corrected chi connectivity index (χ1v) is 14.8. The van der Waals surface area contributed by atoms with E-state index < -0.39 is 0 Å². The maximum absolute atomic E-state index is 7.30. The molecule has 0 bridgehead atoms. The molecule has 0 radical (unpaired) electrons. The van der Waals surface area contributed by atoms with Gasteiger partial charge in [-0.2, -0.15) is 0 Å². The highest BCUT2D eigenvalue weighted by Gasteiger charge is 2.15. The van der Waals surface area contributed by atoms with Crippen LogP contribution < -0.4 is 0 Å². The molecule has 0 N–H and O–H groups in total. The fourth-order valence-electron chi connectivity index (χ4n) is 5.12. The van der Waals surface area contributed by atoms with Crippen molar-refractivity contribution in [3.05, 3.63) is 132 Å². The summed E-state index contributed by atoms with van der Waals surface area (Å²) in [6, 6.07) is 32.7. The lowest BCUT2D eigenvalue weighted by Crippen LogP contribution is -2.02. The van der Waals surface area contributed by atoms with Crippen molar-refractivity contribution in [1.29, 1.82) is 0 Å². The van der Waals surface area contributed by atoms with E-state index in [1.54, 1.807) is 12.1 Å². The van der Waals surface area contributed by atoms with E-state index in [0.29, 0.717) is 58.1 Å². The lowest BCUT2D eigenvalue weighted by Gasteiger charge is -2.10. The molecule has 0 spiro atoms. The molecule has 3 aromatic heterocycles. The summed E-state index contributed by atoms with van der Waals surface area (Å²) < 4.78 is 0. The molecule has 47 heavy (non-hydrogen) atoms. The highest BCUT2D eigenvalue weighted by molar-refractivity contribution is 5.72. The summed E-state index contributed by atoms with van der Waals surface area (Å²) in [5, 5.41) is 0. The van der Waals surface area contributed by atoms with Gasteiger partial charge in [-0.3, -0.25) is 0 Å². The number of hydrogen-bond donors (Lipinski definition) is 0. The summed E-state index contributed by atoms with van der Waals surface area (Å²) in [6.45, 7) is 12.9. The Morgan fingerprint density at radius 3 is 1.15 bits per heavy atom. The first kappa shape index (κ1) is 29.1. The molecule has 7 aromatic rings. The van der Waals surface area contributed by atoms with Crippen LogP contribution in [-0.2, 0) is 0 Å². The van der Waals surface area contributed by atoms with Crippen molar-refractivity contribution >= 4 is 5.69 Å². The molecule has 10 nitrogen and oxygen atoms in total. The molecule has 3 heterocycles. The molecule has 0 amide bonds. The predicted molar refractivity (Wildman–Crippen MR) is 180 cm³/mol. The largest absolute Gasteiger partial charge is 0.238 e. The van der Waals surface area contributed by atoms with Crippen LogP contribution in [0.25, 0.3) is 73.2 Å². The van der Waals surface area contributed by atoms with Crippen LogP contribution in [0.5, 0.6) is 0 Å². The van der Waals surface area contributed by atoms with E-state index in [-0.39, 0.29) is 0 Å². The molecule has 0 aliphatic heterocycles. The van der Waals surface area contributed by atoms with Crippen molar-refractivity contribution in [2.24, 2.45) is 0 Å². The van der Waals surface area contributed by atoms with Crippen molar-refractivity contribution in [3.63, 3.8) is 0 Å². The van der Waals surface area contributed by atoms with E-state index >= 15 is 0 Å². The van der Waals surface area contributed by atoms with Gasteiger partial charge in [-0.25, -0.2) is 49.7 Å².